The fourth-order valence-corrected chi connectivity index (χ4v) is 3.06. The van der Waals surface area contributed by atoms with Crippen LogP contribution < -0.4 is 9.47 Å². The van der Waals surface area contributed by atoms with E-state index in [1.807, 2.05) is 44.2 Å². The van der Waals surface area contributed by atoms with Gasteiger partial charge in [0.2, 0.25) is 0 Å². The van der Waals surface area contributed by atoms with Crippen molar-refractivity contribution in [1.29, 1.82) is 0 Å². The van der Waals surface area contributed by atoms with Gasteiger partial charge in [0, 0.05) is 18.7 Å². The molecule has 0 saturated heterocycles. The van der Waals surface area contributed by atoms with Crippen molar-refractivity contribution in [3.05, 3.63) is 48.3 Å². The maximum atomic E-state index is 12.6. The molecule has 0 amide bonds. The van der Waals surface area contributed by atoms with Crippen LogP contribution in [0.25, 0.3) is 0 Å². The van der Waals surface area contributed by atoms with E-state index in [0.717, 1.165) is 0 Å². The Morgan fingerprint density at radius 1 is 1.07 bits per heavy atom. The number of nitrogens with zero attached hydrogens (tertiary/aromatic N) is 1. The highest BCUT2D eigenvalue weighted by Crippen LogP contribution is 2.29. The number of methoxy groups -OCH3 is 1. The van der Waals surface area contributed by atoms with Gasteiger partial charge in [-0.3, -0.25) is 9.59 Å². The van der Waals surface area contributed by atoms with Crippen molar-refractivity contribution in [3.63, 3.8) is 0 Å². The number of carbonyl (C=O) groups is 2. The number of benzene rings is 1. The minimum Gasteiger partial charge on any atom is -0.503 e. The molecule has 1 heterocycles. The smallest absolute Gasteiger partial charge is 0.309 e. The van der Waals surface area contributed by atoms with Crippen molar-refractivity contribution in [2.24, 2.45) is 11.8 Å². The Morgan fingerprint density at radius 3 is 2.33 bits per heavy atom. The standard InChI is InChI=1S/C23H29NO6/c1-14(2)22(30-17-9-7-6-8-10-17)16(4)29-23(27)15(3)13-18(25)20-21(26)19(28-5)11-12-24-20/h6-12,14-16,22,26H,13H2,1-5H3/t15-,16+,22-/m0/s1. The molecule has 0 aliphatic heterocycles. The van der Waals surface area contributed by atoms with Gasteiger partial charge in [-0.15, -0.1) is 0 Å². The summed E-state index contributed by atoms with van der Waals surface area (Å²) < 4.78 is 16.6. The summed E-state index contributed by atoms with van der Waals surface area (Å²) in [5, 5.41) is 10.1. The monoisotopic (exact) mass is 415 g/mol. The number of carbonyl (C=O) groups excluding carboxylic acids is 2. The van der Waals surface area contributed by atoms with Crippen LogP contribution in [0.4, 0.5) is 0 Å². The first kappa shape index (κ1) is 23.2. The number of ketones is 1. The highest BCUT2D eigenvalue weighted by atomic mass is 16.6. The topological polar surface area (TPSA) is 95.0 Å². The summed E-state index contributed by atoms with van der Waals surface area (Å²) in [6, 6.07) is 10.8. The number of Topliss-reactive ketones (excluding diaryl/α,β-unsaturated/α-hetero) is 1. The number of aromatic nitrogens is 1. The van der Waals surface area contributed by atoms with Crippen molar-refractivity contribution < 1.29 is 28.9 Å². The Kier molecular flexibility index (Phi) is 8.21. The average Bonchev–Trinajstić information content (AvgIpc) is 2.72. The summed E-state index contributed by atoms with van der Waals surface area (Å²) >= 11 is 0. The fraction of sp³-hybridized carbons (Fsp3) is 0.435. The molecule has 1 aromatic heterocycles. The maximum absolute atomic E-state index is 12.6. The van der Waals surface area contributed by atoms with Gasteiger partial charge in [-0.2, -0.15) is 0 Å². The second-order valence-electron chi connectivity index (χ2n) is 7.52. The van der Waals surface area contributed by atoms with Gasteiger partial charge < -0.3 is 19.3 Å². The van der Waals surface area contributed by atoms with Gasteiger partial charge in [0.05, 0.1) is 13.0 Å². The minimum atomic E-state index is -0.711. The Hall–Kier alpha value is -3.09. The molecule has 0 bridgehead atoms. The normalized spacial score (nSPS) is 13.9. The van der Waals surface area contributed by atoms with Crippen molar-refractivity contribution in [2.75, 3.05) is 7.11 Å². The van der Waals surface area contributed by atoms with E-state index >= 15 is 0 Å². The molecule has 0 aliphatic carbocycles. The van der Waals surface area contributed by atoms with E-state index in [1.54, 1.807) is 13.8 Å². The van der Waals surface area contributed by atoms with Gasteiger partial charge in [0.25, 0.3) is 0 Å². The van der Waals surface area contributed by atoms with Crippen LogP contribution in [0.2, 0.25) is 0 Å². The molecule has 0 saturated carbocycles. The predicted molar refractivity (Wildman–Crippen MR) is 112 cm³/mol. The minimum absolute atomic E-state index is 0.0999. The van der Waals surface area contributed by atoms with Gasteiger partial charge in [0.1, 0.15) is 18.0 Å². The molecule has 30 heavy (non-hydrogen) atoms. The molecule has 3 atom stereocenters. The van der Waals surface area contributed by atoms with Crippen molar-refractivity contribution >= 4 is 11.8 Å². The lowest BCUT2D eigenvalue weighted by atomic mass is 10.0. The molecule has 162 valence electrons. The highest BCUT2D eigenvalue weighted by molar-refractivity contribution is 5.99. The second-order valence-corrected chi connectivity index (χ2v) is 7.52. The number of esters is 1. The summed E-state index contributed by atoms with van der Waals surface area (Å²) in [4.78, 5) is 29.0. The molecule has 0 unspecified atom stereocenters. The van der Waals surface area contributed by atoms with Gasteiger partial charge in [-0.25, -0.2) is 4.98 Å². The zero-order valence-electron chi connectivity index (χ0n) is 18.0. The lowest BCUT2D eigenvalue weighted by Gasteiger charge is -2.29. The van der Waals surface area contributed by atoms with E-state index in [-0.39, 0.29) is 35.6 Å². The number of ether oxygens (including phenoxy) is 3. The van der Waals surface area contributed by atoms with Crippen molar-refractivity contribution in [1.82, 2.24) is 4.98 Å². The van der Waals surface area contributed by atoms with Gasteiger partial charge in [-0.1, -0.05) is 39.0 Å². The Bertz CT molecular complexity index is 852. The van der Waals surface area contributed by atoms with Crippen molar-refractivity contribution in [3.8, 4) is 17.2 Å². The molecule has 0 aliphatic rings. The van der Waals surface area contributed by atoms with Gasteiger partial charge in [-0.05, 0) is 25.0 Å². The fourth-order valence-electron chi connectivity index (χ4n) is 3.06. The Morgan fingerprint density at radius 2 is 1.73 bits per heavy atom. The van der Waals surface area contributed by atoms with Crippen LogP contribution in [0.3, 0.4) is 0 Å². The Balaban J connectivity index is 2.00. The largest absolute Gasteiger partial charge is 0.503 e. The SMILES string of the molecule is COc1ccnc(C(=O)C[C@H](C)C(=O)O[C@H](C)[C@@H](Oc2ccccc2)C(C)C)c1O. The molecule has 1 N–H and O–H groups in total. The van der Waals surface area contributed by atoms with Crippen LogP contribution in [0.15, 0.2) is 42.6 Å². The number of hydrogen-bond acceptors (Lipinski definition) is 7. The number of para-hydroxylation sites is 1. The molecular formula is C23H29NO6. The van der Waals surface area contributed by atoms with Gasteiger partial charge >= 0.3 is 5.97 Å². The van der Waals surface area contributed by atoms with Crippen LogP contribution >= 0.6 is 0 Å². The van der Waals surface area contributed by atoms with E-state index in [9.17, 15) is 14.7 Å². The lowest BCUT2D eigenvalue weighted by Crippen LogP contribution is -2.38. The molecule has 7 nitrogen and oxygen atoms in total. The number of rotatable bonds is 10. The quantitative estimate of drug-likeness (QED) is 0.462. The molecule has 7 heteroatoms. The van der Waals surface area contributed by atoms with E-state index in [0.29, 0.717) is 5.75 Å². The zero-order chi connectivity index (χ0) is 22.3. The summed E-state index contributed by atoms with van der Waals surface area (Å²) in [5.41, 5.74) is -0.130. The molecule has 2 aromatic rings. The van der Waals surface area contributed by atoms with E-state index in [2.05, 4.69) is 4.98 Å². The molecule has 0 spiro atoms. The molecule has 2 rings (SSSR count). The second kappa shape index (κ2) is 10.6. The third-order valence-electron chi connectivity index (χ3n) is 4.70. The maximum Gasteiger partial charge on any atom is 0.309 e. The zero-order valence-corrected chi connectivity index (χ0v) is 18.0. The first-order chi connectivity index (χ1) is 14.2. The predicted octanol–water partition coefficient (Wildman–Crippen LogP) is 4.04. The third kappa shape index (κ3) is 5.95. The third-order valence-corrected chi connectivity index (χ3v) is 4.70. The highest BCUT2D eigenvalue weighted by Gasteiger charge is 2.29. The van der Waals surface area contributed by atoms with Crippen molar-refractivity contribution in [2.45, 2.75) is 46.3 Å². The summed E-state index contributed by atoms with van der Waals surface area (Å²) in [6.45, 7) is 7.35. The number of hydrogen-bond donors (Lipinski definition) is 1. The van der Waals surface area contributed by atoms with Crippen LogP contribution in [0.1, 0.15) is 44.6 Å². The van der Waals surface area contributed by atoms with Crippen LogP contribution in [0.5, 0.6) is 17.2 Å². The van der Waals surface area contributed by atoms with E-state index < -0.39 is 23.8 Å². The summed E-state index contributed by atoms with van der Waals surface area (Å²) in [5.74, 6) is -1.09. The average molecular weight is 415 g/mol. The van der Waals surface area contributed by atoms with E-state index in [4.69, 9.17) is 14.2 Å². The first-order valence-electron chi connectivity index (χ1n) is 9.91. The molecule has 1 aromatic carbocycles. The number of pyridine rings is 1. The van der Waals surface area contributed by atoms with Gasteiger partial charge in [0.15, 0.2) is 23.0 Å². The lowest BCUT2D eigenvalue weighted by molar-refractivity contribution is -0.158. The van der Waals surface area contributed by atoms with Crippen LogP contribution in [0, 0.1) is 11.8 Å². The molecule has 0 radical (unpaired) electrons. The first-order valence-corrected chi connectivity index (χ1v) is 9.91. The number of aromatic hydroxyl groups is 1. The van der Waals surface area contributed by atoms with E-state index in [1.165, 1.54) is 19.4 Å². The van der Waals surface area contributed by atoms with Crippen LogP contribution in [-0.2, 0) is 9.53 Å². The van der Waals surface area contributed by atoms with Crippen LogP contribution in [-0.4, -0.2) is 41.2 Å². The summed E-state index contributed by atoms with van der Waals surface area (Å²) in [6.07, 6.45) is 0.359. The summed E-state index contributed by atoms with van der Waals surface area (Å²) in [7, 11) is 1.38. The molecular weight excluding hydrogens is 386 g/mol. The molecule has 0 fully saturated rings. The Labute approximate surface area is 177 Å².